The van der Waals surface area contributed by atoms with Crippen LogP contribution < -0.4 is 10.6 Å². The summed E-state index contributed by atoms with van der Waals surface area (Å²) < 4.78 is 0. The molecule has 1 heterocycles. The lowest BCUT2D eigenvalue weighted by Crippen LogP contribution is -2.31. The Morgan fingerprint density at radius 1 is 0.941 bits per heavy atom. The summed E-state index contributed by atoms with van der Waals surface area (Å²) in [4.78, 5) is 40.2. The van der Waals surface area contributed by atoms with Crippen LogP contribution in [0.1, 0.15) is 40.9 Å². The van der Waals surface area contributed by atoms with Crippen LogP contribution in [0.5, 0.6) is 0 Å². The van der Waals surface area contributed by atoms with Crippen molar-refractivity contribution < 1.29 is 14.4 Å². The summed E-state index contributed by atoms with van der Waals surface area (Å²) in [6.07, 6.45) is 0.884. The summed E-state index contributed by atoms with van der Waals surface area (Å²) in [6, 6.07) is 26.6. The lowest BCUT2D eigenvalue weighted by molar-refractivity contribution is -0.129. The Morgan fingerprint density at radius 3 is 2.32 bits per heavy atom. The highest BCUT2D eigenvalue weighted by molar-refractivity contribution is 6.05. The molecule has 4 rings (SSSR count). The molecule has 1 fully saturated rings. The molecule has 174 valence electrons. The van der Waals surface area contributed by atoms with Gasteiger partial charge in [0.1, 0.15) is 0 Å². The second kappa shape index (κ2) is 10.8. The second-order valence-corrected chi connectivity index (χ2v) is 8.56. The number of nitrogens with zero attached hydrogens (tertiary/aromatic N) is 1. The number of carbonyl (C=O) groups is 3. The van der Waals surface area contributed by atoms with Crippen LogP contribution in [-0.4, -0.2) is 35.7 Å². The lowest BCUT2D eigenvalue weighted by atomic mass is 10.1. The van der Waals surface area contributed by atoms with Gasteiger partial charge in [0.15, 0.2) is 0 Å². The second-order valence-electron chi connectivity index (χ2n) is 8.56. The summed E-state index contributed by atoms with van der Waals surface area (Å²) in [5.41, 5.74) is 3.04. The summed E-state index contributed by atoms with van der Waals surface area (Å²) in [6.45, 7) is 2.82. The largest absolute Gasteiger partial charge is 0.352 e. The van der Waals surface area contributed by atoms with E-state index in [4.69, 9.17) is 0 Å². The number of amides is 3. The van der Waals surface area contributed by atoms with Crippen LogP contribution in [0.15, 0.2) is 84.9 Å². The molecule has 0 spiro atoms. The zero-order valence-electron chi connectivity index (χ0n) is 19.2. The maximum Gasteiger partial charge on any atom is 0.253 e. The number of likely N-dealkylation sites (tertiary alicyclic amines) is 1. The topological polar surface area (TPSA) is 78.5 Å². The first kappa shape index (κ1) is 23.2. The predicted molar refractivity (Wildman–Crippen MR) is 132 cm³/mol. The number of carbonyl (C=O) groups excluding carboxylic acids is 3. The van der Waals surface area contributed by atoms with Crippen molar-refractivity contribution in [3.8, 4) is 0 Å². The van der Waals surface area contributed by atoms with Crippen LogP contribution in [-0.2, 0) is 16.0 Å². The first-order valence-electron chi connectivity index (χ1n) is 11.6. The van der Waals surface area contributed by atoms with Crippen molar-refractivity contribution in [3.05, 3.63) is 102 Å². The Kier molecular flexibility index (Phi) is 7.38. The Labute approximate surface area is 200 Å². The molecule has 0 aliphatic carbocycles. The molecular weight excluding hydrogens is 426 g/mol. The number of anilines is 1. The lowest BCUT2D eigenvalue weighted by Gasteiger charge is -2.25. The molecule has 1 aliphatic heterocycles. The van der Waals surface area contributed by atoms with Crippen LogP contribution in [0, 0.1) is 5.92 Å². The zero-order valence-corrected chi connectivity index (χ0v) is 19.2. The van der Waals surface area contributed by atoms with Gasteiger partial charge >= 0.3 is 0 Å². The van der Waals surface area contributed by atoms with Crippen LogP contribution in [0.2, 0.25) is 0 Å². The van der Waals surface area contributed by atoms with Gasteiger partial charge < -0.3 is 15.5 Å². The van der Waals surface area contributed by atoms with Crippen LogP contribution in [0.25, 0.3) is 0 Å². The zero-order chi connectivity index (χ0) is 23.9. The van der Waals surface area contributed by atoms with Gasteiger partial charge in [-0.25, -0.2) is 0 Å². The van der Waals surface area contributed by atoms with Crippen LogP contribution >= 0.6 is 0 Å². The van der Waals surface area contributed by atoms with E-state index in [9.17, 15) is 14.4 Å². The highest BCUT2D eigenvalue weighted by Crippen LogP contribution is 2.29. The molecule has 0 radical (unpaired) electrons. The molecule has 3 amide bonds. The Bertz CT molecular complexity index is 1150. The Morgan fingerprint density at radius 2 is 1.59 bits per heavy atom. The SMILES string of the molecule is C[C@H](c1ccccc1)N1C[C@H](C(=O)Nc2ccccc2C(=O)NCCc2ccccc2)CC1=O. The van der Waals surface area contributed by atoms with Gasteiger partial charge in [0, 0.05) is 19.5 Å². The van der Waals surface area contributed by atoms with Crippen molar-refractivity contribution in [1.82, 2.24) is 10.2 Å². The average Bonchev–Trinajstić information content (AvgIpc) is 3.26. The number of hydrogen-bond acceptors (Lipinski definition) is 3. The van der Waals surface area contributed by atoms with E-state index in [1.54, 1.807) is 29.2 Å². The number of benzene rings is 3. The van der Waals surface area contributed by atoms with Gasteiger partial charge in [-0.2, -0.15) is 0 Å². The number of rotatable bonds is 8. The van der Waals surface area contributed by atoms with E-state index in [2.05, 4.69) is 10.6 Å². The smallest absolute Gasteiger partial charge is 0.253 e. The number of hydrogen-bond donors (Lipinski definition) is 2. The predicted octanol–water partition coefficient (Wildman–Crippen LogP) is 4.21. The van der Waals surface area contributed by atoms with Gasteiger partial charge in [-0.05, 0) is 36.6 Å². The third kappa shape index (κ3) is 5.52. The average molecular weight is 456 g/mol. The van der Waals surface area contributed by atoms with Crippen molar-refractivity contribution in [2.75, 3.05) is 18.4 Å². The molecule has 0 unspecified atom stereocenters. The number of nitrogens with one attached hydrogen (secondary N) is 2. The van der Waals surface area contributed by atoms with E-state index >= 15 is 0 Å². The Hall–Kier alpha value is -3.93. The molecule has 6 nitrogen and oxygen atoms in total. The Balaban J connectivity index is 1.37. The minimum Gasteiger partial charge on any atom is -0.352 e. The molecular formula is C28H29N3O3. The van der Waals surface area contributed by atoms with E-state index in [-0.39, 0.29) is 30.2 Å². The van der Waals surface area contributed by atoms with Crippen LogP contribution in [0.3, 0.4) is 0 Å². The molecule has 2 atom stereocenters. The summed E-state index contributed by atoms with van der Waals surface area (Å²) in [5, 5.41) is 5.81. The highest BCUT2D eigenvalue weighted by Gasteiger charge is 2.37. The molecule has 3 aromatic carbocycles. The standard InChI is InChI=1S/C28H29N3O3/c1-20(22-12-6-3-7-13-22)31-19-23(18-26(31)32)27(33)30-25-15-9-8-14-24(25)28(34)29-17-16-21-10-4-2-5-11-21/h2-15,20,23H,16-19H2,1H3,(H,29,34)(H,30,33)/t20-,23-/m1/s1. The molecule has 34 heavy (non-hydrogen) atoms. The van der Waals surface area contributed by atoms with Gasteiger partial charge in [0.2, 0.25) is 11.8 Å². The van der Waals surface area contributed by atoms with Gasteiger partial charge in [0.25, 0.3) is 5.91 Å². The number of para-hydroxylation sites is 1. The first-order chi connectivity index (χ1) is 16.5. The normalized spacial score (nSPS) is 16.2. The van der Waals surface area contributed by atoms with Crippen molar-refractivity contribution in [2.45, 2.75) is 25.8 Å². The summed E-state index contributed by atoms with van der Waals surface area (Å²) >= 11 is 0. The van der Waals surface area contributed by atoms with Gasteiger partial charge in [-0.3, -0.25) is 14.4 Å². The van der Waals surface area contributed by atoms with Gasteiger partial charge in [-0.15, -0.1) is 0 Å². The molecule has 3 aromatic rings. The van der Waals surface area contributed by atoms with Crippen molar-refractivity contribution in [3.63, 3.8) is 0 Å². The molecule has 1 saturated heterocycles. The molecule has 6 heteroatoms. The monoisotopic (exact) mass is 455 g/mol. The van der Waals surface area contributed by atoms with E-state index in [1.165, 1.54) is 0 Å². The van der Waals surface area contributed by atoms with Crippen molar-refractivity contribution in [1.29, 1.82) is 0 Å². The minimum atomic E-state index is -0.465. The maximum absolute atomic E-state index is 13.0. The minimum absolute atomic E-state index is 0.0385. The summed E-state index contributed by atoms with van der Waals surface area (Å²) in [7, 11) is 0. The fourth-order valence-electron chi connectivity index (χ4n) is 4.28. The summed E-state index contributed by atoms with van der Waals surface area (Å²) in [5.74, 6) is -0.995. The van der Waals surface area contributed by atoms with Crippen LogP contribution in [0.4, 0.5) is 5.69 Å². The molecule has 1 aliphatic rings. The molecule has 0 aromatic heterocycles. The van der Waals surface area contributed by atoms with Crippen molar-refractivity contribution >= 4 is 23.4 Å². The quantitative estimate of drug-likeness (QED) is 0.534. The van der Waals surface area contributed by atoms with Crippen molar-refractivity contribution in [2.24, 2.45) is 5.92 Å². The molecule has 2 N–H and O–H groups in total. The van der Waals surface area contributed by atoms with Gasteiger partial charge in [-0.1, -0.05) is 72.8 Å². The van der Waals surface area contributed by atoms with E-state index in [0.717, 1.165) is 17.5 Å². The third-order valence-electron chi connectivity index (χ3n) is 6.25. The molecule has 0 saturated carbocycles. The molecule has 0 bridgehead atoms. The van der Waals surface area contributed by atoms with E-state index < -0.39 is 5.92 Å². The maximum atomic E-state index is 13.0. The van der Waals surface area contributed by atoms with E-state index in [0.29, 0.717) is 24.3 Å². The highest BCUT2D eigenvalue weighted by atomic mass is 16.2. The third-order valence-corrected chi connectivity index (χ3v) is 6.25. The fourth-order valence-corrected chi connectivity index (χ4v) is 4.28. The van der Waals surface area contributed by atoms with E-state index in [1.807, 2.05) is 67.6 Å². The van der Waals surface area contributed by atoms with Gasteiger partial charge in [0.05, 0.1) is 23.2 Å². The fraction of sp³-hybridized carbons (Fsp3) is 0.250. The first-order valence-corrected chi connectivity index (χ1v) is 11.6.